The van der Waals surface area contributed by atoms with Crippen molar-refractivity contribution < 1.29 is 9.53 Å². The summed E-state index contributed by atoms with van der Waals surface area (Å²) in [6.07, 6.45) is 1.74. The minimum Gasteiger partial charge on any atom is -0.459 e. The predicted octanol–water partition coefficient (Wildman–Crippen LogP) is 1.47. The molecule has 4 heteroatoms. The summed E-state index contributed by atoms with van der Waals surface area (Å²) in [6, 6.07) is 2.09. The molecule has 0 radical (unpaired) electrons. The Labute approximate surface area is 97.0 Å². The van der Waals surface area contributed by atoms with E-state index in [0.29, 0.717) is 0 Å². The van der Waals surface area contributed by atoms with E-state index in [1.807, 2.05) is 20.8 Å². The minimum absolute atomic E-state index is 0.140. The molecule has 1 heterocycles. The summed E-state index contributed by atoms with van der Waals surface area (Å²) in [5.74, 6) is -0.843. The zero-order chi connectivity index (χ0) is 12.2. The van der Waals surface area contributed by atoms with Crippen LogP contribution >= 0.6 is 0 Å². The fourth-order valence-corrected chi connectivity index (χ4v) is 1.89. The Bertz CT molecular complexity index is 282. The molecule has 0 bridgehead atoms. The van der Waals surface area contributed by atoms with E-state index in [-0.39, 0.29) is 11.9 Å². The van der Waals surface area contributed by atoms with Crippen LogP contribution in [0.3, 0.4) is 0 Å². The van der Waals surface area contributed by atoms with Gasteiger partial charge in [-0.3, -0.25) is 4.79 Å². The van der Waals surface area contributed by atoms with E-state index in [4.69, 9.17) is 10.00 Å². The quantitative estimate of drug-likeness (QED) is 0.721. The first-order chi connectivity index (χ1) is 7.44. The van der Waals surface area contributed by atoms with Gasteiger partial charge < -0.3 is 10.1 Å². The van der Waals surface area contributed by atoms with Crippen LogP contribution in [-0.2, 0) is 9.53 Å². The third kappa shape index (κ3) is 3.82. The highest BCUT2D eigenvalue weighted by Crippen LogP contribution is 2.24. The molecule has 1 unspecified atom stereocenters. The van der Waals surface area contributed by atoms with Gasteiger partial charge in [-0.2, -0.15) is 5.26 Å². The number of nitrogens with one attached hydrogen (secondary N) is 1. The van der Waals surface area contributed by atoms with E-state index < -0.39 is 11.5 Å². The Balaban J connectivity index is 2.60. The Morgan fingerprint density at radius 2 is 2.00 bits per heavy atom. The molecule has 1 atom stereocenters. The van der Waals surface area contributed by atoms with Crippen molar-refractivity contribution in [3.63, 3.8) is 0 Å². The highest BCUT2D eigenvalue weighted by molar-refractivity contribution is 5.76. The number of nitrogens with zero attached hydrogens (tertiary/aromatic N) is 1. The zero-order valence-corrected chi connectivity index (χ0v) is 10.2. The van der Waals surface area contributed by atoms with Crippen molar-refractivity contribution >= 4 is 5.97 Å². The van der Waals surface area contributed by atoms with E-state index in [1.54, 1.807) is 0 Å². The molecule has 0 saturated carbocycles. The van der Waals surface area contributed by atoms with Crippen LogP contribution in [0, 0.1) is 23.2 Å². The van der Waals surface area contributed by atoms with Gasteiger partial charge in [0.15, 0.2) is 0 Å². The molecule has 0 aliphatic carbocycles. The second kappa shape index (κ2) is 5.31. The fourth-order valence-electron chi connectivity index (χ4n) is 1.89. The molecule has 0 aromatic rings. The molecule has 0 amide bonds. The number of carbonyl (C=O) groups is 1. The summed E-state index contributed by atoms with van der Waals surface area (Å²) in [5, 5.41) is 12.3. The molecule has 0 spiro atoms. The average Bonchev–Trinajstić information content (AvgIpc) is 2.17. The Kier molecular flexibility index (Phi) is 4.31. The molecule has 1 aliphatic rings. The Hall–Kier alpha value is -1.08. The van der Waals surface area contributed by atoms with Crippen LogP contribution in [0.4, 0.5) is 0 Å². The van der Waals surface area contributed by atoms with E-state index >= 15 is 0 Å². The van der Waals surface area contributed by atoms with E-state index in [9.17, 15) is 4.79 Å². The first-order valence-corrected chi connectivity index (χ1v) is 5.77. The van der Waals surface area contributed by atoms with Crippen LogP contribution in [0.15, 0.2) is 0 Å². The number of esters is 1. The SMILES string of the molecule is CC(C)(C)OC(=O)C(C#N)C1CCNCC1. The van der Waals surface area contributed by atoms with Gasteiger partial charge in [0.05, 0.1) is 6.07 Å². The van der Waals surface area contributed by atoms with Crippen molar-refractivity contribution in [3.8, 4) is 6.07 Å². The summed E-state index contributed by atoms with van der Waals surface area (Å²) in [7, 11) is 0. The number of rotatable bonds is 2. The van der Waals surface area contributed by atoms with Crippen molar-refractivity contribution in [2.75, 3.05) is 13.1 Å². The van der Waals surface area contributed by atoms with Crippen LogP contribution in [0.1, 0.15) is 33.6 Å². The number of nitriles is 1. The first kappa shape index (κ1) is 13.0. The molecule has 0 aromatic carbocycles. The van der Waals surface area contributed by atoms with E-state index in [2.05, 4.69) is 11.4 Å². The van der Waals surface area contributed by atoms with Gasteiger partial charge >= 0.3 is 5.97 Å². The molecule has 1 fully saturated rings. The second-order valence-electron chi connectivity index (χ2n) is 5.23. The van der Waals surface area contributed by atoms with Crippen LogP contribution in [0.2, 0.25) is 0 Å². The number of hydrogen-bond acceptors (Lipinski definition) is 4. The molecular formula is C12H20N2O2. The standard InChI is InChI=1S/C12H20N2O2/c1-12(2,3)16-11(15)10(8-13)9-4-6-14-7-5-9/h9-10,14H,4-7H2,1-3H3. The molecule has 16 heavy (non-hydrogen) atoms. The van der Waals surface area contributed by atoms with Crippen molar-refractivity contribution in [2.45, 2.75) is 39.2 Å². The highest BCUT2D eigenvalue weighted by Gasteiger charge is 2.32. The number of hydrogen-bond donors (Lipinski definition) is 1. The van der Waals surface area contributed by atoms with Crippen molar-refractivity contribution in [3.05, 3.63) is 0 Å². The monoisotopic (exact) mass is 224 g/mol. The number of piperidine rings is 1. The van der Waals surface area contributed by atoms with Crippen molar-refractivity contribution in [1.29, 1.82) is 5.26 Å². The molecule has 0 aromatic heterocycles. The molecule has 1 rings (SSSR count). The maximum atomic E-state index is 11.8. The number of ether oxygens (including phenoxy) is 1. The van der Waals surface area contributed by atoms with Gasteiger partial charge in [0.1, 0.15) is 11.5 Å². The van der Waals surface area contributed by atoms with Crippen LogP contribution in [-0.4, -0.2) is 24.7 Å². The lowest BCUT2D eigenvalue weighted by Gasteiger charge is -2.28. The summed E-state index contributed by atoms with van der Waals surface area (Å²) in [5.41, 5.74) is -0.515. The summed E-state index contributed by atoms with van der Waals surface area (Å²) < 4.78 is 5.26. The highest BCUT2D eigenvalue weighted by atomic mass is 16.6. The summed E-state index contributed by atoms with van der Waals surface area (Å²) in [6.45, 7) is 7.22. The lowest BCUT2D eigenvalue weighted by molar-refractivity contribution is -0.159. The normalized spacial score (nSPS) is 19.9. The smallest absolute Gasteiger partial charge is 0.324 e. The maximum Gasteiger partial charge on any atom is 0.324 e. The van der Waals surface area contributed by atoms with Gasteiger partial charge in [0.25, 0.3) is 0 Å². The van der Waals surface area contributed by atoms with Gasteiger partial charge in [-0.15, -0.1) is 0 Å². The minimum atomic E-state index is -0.610. The molecular weight excluding hydrogens is 204 g/mol. The van der Waals surface area contributed by atoms with Crippen LogP contribution in [0.5, 0.6) is 0 Å². The third-order valence-electron chi connectivity index (χ3n) is 2.66. The molecule has 1 aliphatic heterocycles. The third-order valence-corrected chi connectivity index (χ3v) is 2.66. The van der Waals surface area contributed by atoms with Gasteiger partial charge in [-0.1, -0.05) is 0 Å². The maximum absolute atomic E-state index is 11.8. The van der Waals surface area contributed by atoms with E-state index in [0.717, 1.165) is 25.9 Å². The average molecular weight is 224 g/mol. The second-order valence-corrected chi connectivity index (χ2v) is 5.23. The summed E-state index contributed by atoms with van der Waals surface area (Å²) >= 11 is 0. The largest absolute Gasteiger partial charge is 0.459 e. The van der Waals surface area contributed by atoms with E-state index in [1.165, 1.54) is 0 Å². The summed E-state index contributed by atoms with van der Waals surface area (Å²) in [4.78, 5) is 11.8. The molecule has 1 N–H and O–H groups in total. The van der Waals surface area contributed by atoms with Gasteiger partial charge in [-0.05, 0) is 52.6 Å². The van der Waals surface area contributed by atoms with Crippen LogP contribution in [0.25, 0.3) is 0 Å². The van der Waals surface area contributed by atoms with Gasteiger partial charge in [-0.25, -0.2) is 0 Å². The van der Waals surface area contributed by atoms with Crippen molar-refractivity contribution in [1.82, 2.24) is 5.32 Å². The van der Waals surface area contributed by atoms with Gasteiger partial charge in [0, 0.05) is 0 Å². The Morgan fingerprint density at radius 1 is 1.44 bits per heavy atom. The molecule has 1 saturated heterocycles. The topological polar surface area (TPSA) is 62.1 Å². The van der Waals surface area contributed by atoms with Crippen LogP contribution < -0.4 is 5.32 Å². The lowest BCUT2D eigenvalue weighted by Crippen LogP contribution is -2.37. The first-order valence-electron chi connectivity index (χ1n) is 5.77. The van der Waals surface area contributed by atoms with Gasteiger partial charge in [0.2, 0.25) is 0 Å². The lowest BCUT2D eigenvalue weighted by atomic mass is 9.85. The van der Waals surface area contributed by atoms with Crippen molar-refractivity contribution in [2.24, 2.45) is 11.8 Å². The molecule has 4 nitrogen and oxygen atoms in total. The zero-order valence-electron chi connectivity index (χ0n) is 10.2. The predicted molar refractivity (Wildman–Crippen MR) is 60.5 cm³/mol. The molecule has 90 valence electrons. The number of carbonyl (C=O) groups excluding carboxylic acids is 1. The fraction of sp³-hybridized carbons (Fsp3) is 0.833. The Morgan fingerprint density at radius 3 is 2.44 bits per heavy atom.